The Morgan fingerprint density at radius 3 is 2.58 bits per heavy atom. The Labute approximate surface area is 153 Å². The van der Waals surface area contributed by atoms with Gasteiger partial charge < -0.3 is 8.94 Å². The van der Waals surface area contributed by atoms with Crippen molar-refractivity contribution < 1.29 is 8.94 Å². The smallest absolute Gasteiger partial charge is 0.297 e. The van der Waals surface area contributed by atoms with E-state index in [1.807, 2.05) is 19.1 Å². The van der Waals surface area contributed by atoms with Gasteiger partial charge in [-0.15, -0.1) is 0 Å². The van der Waals surface area contributed by atoms with E-state index in [1.54, 1.807) is 26.0 Å². The van der Waals surface area contributed by atoms with Crippen molar-refractivity contribution in [2.45, 2.75) is 27.3 Å². The van der Waals surface area contributed by atoms with Gasteiger partial charge in [-0.25, -0.2) is 9.67 Å². The van der Waals surface area contributed by atoms with Crippen LogP contribution in [0, 0.1) is 20.8 Å². The third-order valence-corrected chi connectivity index (χ3v) is 4.47. The molecule has 3 heterocycles. The lowest BCUT2D eigenvalue weighted by atomic mass is 10.2. The summed E-state index contributed by atoms with van der Waals surface area (Å²) in [5, 5.41) is 9.52. The lowest BCUT2D eigenvalue weighted by molar-refractivity contribution is 0.405. The average Bonchev–Trinajstić information content (AvgIpc) is 3.17. The third-order valence-electron chi connectivity index (χ3n) is 4.22. The molecule has 0 aliphatic carbocycles. The minimum Gasteiger partial charge on any atom is -0.441 e. The molecule has 0 bridgehead atoms. The van der Waals surface area contributed by atoms with Gasteiger partial charge in [-0.2, -0.15) is 5.10 Å². The normalized spacial score (nSPS) is 11.4. The SMILES string of the molecule is Cc1oc(-c2ccc(Cl)cc2)nc1Cn1nc(C)c2c(C)onc2c1=O. The van der Waals surface area contributed by atoms with Gasteiger partial charge in [0.2, 0.25) is 5.89 Å². The van der Waals surface area contributed by atoms with Crippen LogP contribution in [-0.4, -0.2) is 19.9 Å². The molecule has 0 spiro atoms. The summed E-state index contributed by atoms with van der Waals surface area (Å²) in [6, 6.07) is 7.20. The van der Waals surface area contributed by atoms with E-state index in [2.05, 4.69) is 15.2 Å². The van der Waals surface area contributed by atoms with Crippen LogP contribution in [0.1, 0.15) is 22.9 Å². The first kappa shape index (κ1) is 16.5. The highest BCUT2D eigenvalue weighted by Crippen LogP contribution is 2.24. The lowest BCUT2D eigenvalue weighted by Crippen LogP contribution is -2.25. The first-order valence-corrected chi connectivity index (χ1v) is 8.38. The molecule has 0 atom stereocenters. The number of nitrogens with zero attached hydrogens (tertiary/aromatic N) is 4. The molecular formula is C18H15ClN4O3. The number of oxazole rings is 1. The van der Waals surface area contributed by atoms with Gasteiger partial charge in [-0.05, 0) is 45.0 Å². The fraction of sp³-hybridized carbons (Fsp3) is 0.222. The van der Waals surface area contributed by atoms with Crippen LogP contribution < -0.4 is 5.56 Å². The standard InChI is InChI=1S/C18H15ClN4O3/c1-9-15-11(3)26-22-16(15)18(24)23(21-9)8-14-10(2)25-17(20-14)12-4-6-13(19)7-5-12/h4-7H,8H2,1-3H3. The maximum absolute atomic E-state index is 12.6. The van der Waals surface area contributed by atoms with Crippen molar-refractivity contribution in [3.63, 3.8) is 0 Å². The maximum Gasteiger partial charge on any atom is 0.297 e. The number of hydrogen-bond acceptors (Lipinski definition) is 6. The Balaban J connectivity index is 1.74. The summed E-state index contributed by atoms with van der Waals surface area (Å²) in [7, 11) is 0. The molecule has 0 aliphatic heterocycles. The van der Waals surface area contributed by atoms with Gasteiger partial charge in [0.25, 0.3) is 5.56 Å². The molecule has 132 valence electrons. The van der Waals surface area contributed by atoms with Crippen molar-refractivity contribution in [2.75, 3.05) is 0 Å². The summed E-state index contributed by atoms with van der Waals surface area (Å²) in [6.07, 6.45) is 0. The predicted molar refractivity (Wildman–Crippen MR) is 96.3 cm³/mol. The molecule has 26 heavy (non-hydrogen) atoms. The van der Waals surface area contributed by atoms with E-state index in [0.717, 1.165) is 5.56 Å². The number of halogens is 1. The molecule has 0 saturated carbocycles. The van der Waals surface area contributed by atoms with E-state index in [1.165, 1.54) is 4.68 Å². The van der Waals surface area contributed by atoms with Crippen molar-refractivity contribution in [3.8, 4) is 11.5 Å². The molecule has 3 aromatic heterocycles. The molecule has 7 nitrogen and oxygen atoms in total. The Morgan fingerprint density at radius 1 is 1.12 bits per heavy atom. The molecule has 0 unspecified atom stereocenters. The molecule has 0 amide bonds. The van der Waals surface area contributed by atoms with Gasteiger partial charge in [0.1, 0.15) is 17.2 Å². The predicted octanol–water partition coefficient (Wildman–Crippen LogP) is 3.67. The van der Waals surface area contributed by atoms with Gasteiger partial charge in [-0.1, -0.05) is 16.8 Å². The van der Waals surface area contributed by atoms with Crippen molar-refractivity contribution in [2.24, 2.45) is 0 Å². The van der Waals surface area contributed by atoms with Gasteiger partial charge in [0.05, 0.1) is 17.6 Å². The van der Waals surface area contributed by atoms with Crippen molar-refractivity contribution in [1.82, 2.24) is 19.9 Å². The highest BCUT2D eigenvalue weighted by atomic mass is 35.5. The second kappa shape index (κ2) is 6.10. The van der Waals surface area contributed by atoms with Gasteiger partial charge >= 0.3 is 0 Å². The van der Waals surface area contributed by atoms with Gasteiger partial charge in [-0.3, -0.25) is 4.79 Å². The van der Waals surface area contributed by atoms with E-state index < -0.39 is 0 Å². The molecule has 0 N–H and O–H groups in total. The molecule has 1 aromatic carbocycles. The van der Waals surface area contributed by atoms with Crippen LogP contribution in [0.4, 0.5) is 0 Å². The van der Waals surface area contributed by atoms with E-state index in [-0.39, 0.29) is 17.6 Å². The zero-order valence-corrected chi connectivity index (χ0v) is 15.2. The molecule has 4 aromatic rings. The average molecular weight is 371 g/mol. The molecule has 8 heteroatoms. The Hall–Kier alpha value is -2.93. The van der Waals surface area contributed by atoms with E-state index in [4.69, 9.17) is 20.5 Å². The zero-order chi connectivity index (χ0) is 18.4. The summed E-state index contributed by atoms with van der Waals surface area (Å²) >= 11 is 5.91. The molecule has 0 saturated heterocycles. The number of benzene rings is 1. The van der Waals surface area contributed by atoms with Crippen molar-refractivity contribution in [1.29, 1.82) is 0 Å². The fourth-order valence-electron chi connectivity index (χ4n) is 2.88. The molecular weight excluding hydrogens is 356 g/mol. The number of aromatic nitrogens is 4. The Bertz CT molecular complexity index is 1170. The largest absolute Gasteiger partial charge is 0.441 e. The van der Waals surface area contributed by atoms with Crippen LogP contribution in [0.2, 0.25) is 5.02 Å². The molecule has 0 aliphatic rings. The van der Waals surface area contributed by atoms with Crippen LogP contribution in [0.15, 0.2) is 38.0 Å². The third kappa shape index (κ3) is 2.70. The van der Waals surface area contributed by atoms with Crippen LogP contribution >= 0.6 is 11.6 Å². The van der Waals surface area contributed by atoms with Crippen molar-refractivity contribution >= 4 is 22.5 Å². The zero-order valence-electron chi connectivity index (χ0n) is 14.4. The number of rotatable bonds is 3. The molecule has 4 rings (SSSR count). The minimum atomic E-state index is -0.321. The van der Waals surface area contributed by atoms with Crippen LogP contribution in [0.25, 0.3) is 22.4 Å². The van der Waals surface area contributed by atoms with Crippen LogP contribution in [0.5, 0.6) is 0 Å². The summed E-state index contributed by atoms with van der Waals surface area (Å²) < 4.78 is 12.2. The summed E-state index contributed by atoms with van der Waals surface area (Å²) in [4.78, 5) is 17.1. The molecule has 0 fully saturated rings. The molecule has 0 radical (unpaired) electrons. The van der Waals surface area contributed by atoms with E-state index in [0.29, 0.717) is 39.2 Å². The topological polar surface area (TPSA) is 86.9 Å². The number of aryl methyl sites for hydroxylation is 3. The Kier molecular flexibility index (Phi) is 3.88. The summed E-state index contributed by atoms with van der Waals surface area (Å²) in [5.41, 5.74) is 2.07. The first-order valence-electron chi connectivity index (χ1n) is 8.00. The first-order chi connectivity index (χ1) is 12.4. The van der Waals surface area contributed by atoms with Gasteiger partial charge in [0, 0.05) is 10.6 Å². The highest BCUT2D eigenvalue weighted by molar-refractivity contribution is 6.30. The second-order valence-corrected chi connectivity index (χ2v) is 6.48. The number of hydrogen-bond donors (Lipinski definition) is 0. The maximum atomic E-state index is 12.6. The fourth-order valence-corrected chi connectivity index (χ4v) is 3.01. The Morgan fingerprint density at radius 2 is 1.85 bits per heavy atom. The minimum absolute atomic E-state index is 0.185. The van der Waals surface area contributed by atoms with Crippen molar-refractivity contribution in [3.05, 3.63) is 62.6 Å². The highest BCUT2D eigenvalue weighted by Gasteiger charge is 2.18. The quantitative estimate of drug-likeness (QED) is 0.547. The second-order valence-electron chi connectivity index (χ2n) is 6.04. The monoisotopic (exact) mass is 370 g/mol. The lowest BCUT2D eigenvalue weighted by Gasteiger charge is -2.04. The van der Waals surface area contributed by atoms with Crippen LogP contribution in [0.3, 0.4) is 0 Å². The van der Waals surface area contributed by atoms with Crippen LogP contribution in [-0.2, 0) is 6.54 Å². The summed E-state index contributed by atoms with van der Waals surface area (Å²) in [5.74, 6) is 1.67. The van der Waals surface area contributed by atoms with E-state index in [9.17, 15) is 4.79 Å². The van der Waals surface area contributed by atoms with E-state index >= 15 is 0 Å². The van der Waals surface area contributed by atoms with Gasteiger partial charge in [0.15, 0.2) is 5.52 Å². The summed E-state index contributed by atoms with van der Waals surface area (Å²) in [6.45, 7) is 5.56. The number of fused-ring (bicyclic) bond motifs is 1.